The number of nitrogens with one attached hydrogen (secondary N) is 2. The van der Waals surface area contributed by atoms with Crippen LogP contribution in [0.15, 0.2) is 78.9 Å². The average molecular weight is 502 g/mol. The van der Waals surface area contributed by atoms with E-state index in [1.807, 2.05) is 0 Å². The second kappa shape index (κ2) is 10.4. The normalized spacial score (nSPS) is 10.5. The van der Waals surface area contributed by atoms with Gasteiger partial charge in [-0.15, -0.1) is 0 Å². The minimum absolute atomic E-state index is 0.118. The highest BCUT2D eigenvalue weighted by molar-refractivity contribution is 6.33. The van der Waals surface area contributed by atoms with Gasteiger partial charge in [-0.2, -0.15) is 0 Å². The molecule has 0 radical (unpaired) electrons. The molecule has 0 saturated heterocycles. The van der Waals surface area contributed by atoms with Crippen molar-refractivity contribution in [2.75, 3.05) is 10.6 Å². The van der Waals surface area contributed by atoms with Crippen molar-refractivity contribution in [1.82, 2.24) is 4.98 Å². The Hall–Kier alpha value is -3.88. The molecule has 2 amide bonds. The zero-order valence-electron chi connectivity index (χ0n) is 17.2. The lowest BCUT2D eigenvalue weighted by atomic mass is 10.2. The van der Waals surface area contributed by atoms with Gasteiger partial charge in [-0.3, -0.25) is 0 Å². The first-order chi connectivity index (χ1) is 16.3. The number of amides is 2. The number of hydrogen-bond donors (Lipinski definition) is 2. The molecule has 0 spiro atoms. The van der Waals surface area contributed by atoms with Crippen LogP contribution in [-0.4, -0.2) is 11.0 Å². The standard InChI is InChI=1S/C24H15Cl2F2N3O3/c25-22-11-17(12-23(26)31-22)30-24(32)29-16-9-20(33-18-5-1-14(27)2-6-18)13-21(10-16)34-19-7-3-15(28)4-8-19/h1-13H,(H2,29,30,31,32). The van der Waals surface area contributed by atoms with Crippen LogP contribution in [0.25, 0.3) is 0 Å². The number of carbonyl (C=O) groups excluding carboxylic acids is 1. The number of halogens is 4. The summed E-state index contributed by atoms with van der Waals surface area (Å²) in [5.74, 6) is 0.536. The van der Waals surface area contributed by atoms with E-state index < -0.39 is 17.7 Å². The largest absolute Gasteiger partial charge is 0.457 e. The minimum Gasteiger partial charge on any atom is -0.457 e. The molecule has 1 aromatic heterocycles. The Bertz CT molecular complexity index is 1230. The molecule has 0 aliphatic rings. The monoisotopic (exact) mass is 501 g/mol. The number of rotatable bonds is 6. The van der Waals surface area contributed by atoms with E-state index in [9.17, 15) is 13.6 Å². The highest BCUT2D eigenvalue weighted by atomic mass is 35.5. The van der Waals surface area contributed by atoms with Crippen LogP contribution >= 0.6 is 23.2 Å². The number of urea groups is 1. The summed E-state index contributed by atoms with van der Waals surface area (Å²) in [5.41, 5.74) is 0.657. The summed E-state index contributed by atoms with van der Waals surface area (Å²) in [4.78, 5) is 16.3. The van der Waals surface area contributed by atoms with Crippen molar-refractivity contribution >= 4 is 40.6 Å². The van der Waals surface area contributed by atoms with E-state index in [-0.39, 0.29) is 10.3 Å². The van der Waals surface area contributed by atoms with Gasteiger partial charge in [-0.25, -0.2) is 18.6 Å². The van der Waals surface area contributed by atoms with Gasteiger partial charge < -0.3 is 20.1 Å². The first-order valence-corrected chi connectivity index (χ1v) is 10.5. The van der Waals surface area contributed by atoms with Crippen LogP contribution in [0.5, 0.6) is 23.0 Å². The molecule has 0 bridgehead atoms. The highest BCUT2D eigenvalue weighted by Gasteiger charge is 2.10. The van der Waals surface area contributed by atoms with E-state index in [1.165, 1.54) is 60.7 Å². The molecule has 3 aromatic carbocycles. The smallest absolute Gasteiger partial charge is 0.323 e. The predicted octanol–water partition coefficient (Wildman–Crippen LogP) is 7.90. The lowest BCUT2D eigenvalue weighted by Crippen LogP contribution is -2.19. The Balaban J connectivity index is 1.57. The predicted molar refractivity (Wildman–Crippen MR) is 126 cm³/mol. The fraction of sp³-hybridized carbons (Fsp3) is 0. The van der Waals surface area contributed by atoms with Crippen molar-refractivity contribution in [2.45, 2.75) is 0 Å². The number of aromatic nitrogens is 1. The molecule has 4 rings (SSSR count). The molecule has 34 heavy (non-hydrogen) atoms. The summed E-state index contributed by atoms with van der Waals surface area (Å²) in [5, 5.41) is 5.50. The molecule has 0 saturated carbocycles. The number of benzene rings is 3. The van der Waals surface area contributed by atoms with Gasteiger partial charge in [0, 0.05) is 29.6 Å². The number of anilines is 2. The summed E-state index contributed by atoms with van der Waals surface area (Å²) in [6.07, 6.45) is 0. The summed E-state index contributed by atoms with van der Waals surface area (Å²) in [6.45, 7) is 0. The number of nitrogens with zero attached hydrogens (tertiary/aromatic N) is 1. The third-order valence-corrected chi connectivity index (χ3v) is 4.64. The topological polar surface area (TPSA) is 72.5 Å². The third kappa shape index (κ3) is 6.57. The van der Waals surface area contributed by atoms with E-state index in [2.05, 4.69) is 15.6 Å². The SMILES string of the molecule is O=C(Nc1cc(Oc2ccc(F)cc2)cc(Oc2ccc(F)cc2)c1)Nc1cc(Cl)nc(Cl)c1. The van der Waals surface area contributed by atoms with Crippen LogP contribution in [-0.2, 0) is 0 Å². The van der Waals surface area contributed by atoms with Crippen molar-refractivity contribution in [2.24, 2.45) is 0 Å². The molecular formula is C24H15Cl2F2N3O3. The first-order valence-electron chi connectivity index (χ1n) is 9.75. The van der Waals surface area contributed by atoms with Crippen molar-refractivity contribution in [1.29, 1.82) is 0 Å². The average Bonchev–Trinajstić information content (AvgIpc) is 2.76. The van der Waals surface area contributed by atoms with Gasteiger partial charge in [0.2, 0.25) is 0 Å². The maximum Gasteiger partial charge on any atom is 0.323 e. The van der Waals surface area contributed by atoms with Crippen LogP contribution < -0.4 is 20.1 Å². The maximum absolute atomic E-state index is 13.2. The molecular weight excluding hydrogens is 487 g/mol. The van der Waals surface area contributed by atoms with Gasteiger partial charge in [0.15, 0.2) is 0 Å². The second-order valence-corrected chi connectivity index (χ2v) is 7.66. The molecule has 1 heterocycles. The van der Waals surface area contributed by atoms with Crippen molar-refractivity contribution in [3.05, 3.63) is 101 Å². The number of hydrogen-bond acceptors (Lipinski definition) is 4. The zero-order chi connectivity index (χ0) is 24.1. The number of carbonyl (C=O) groups is 1. The molecule has 10 heteroatoms. The quantitative estimate of drug-likeness (QED) is 0.263. The van der Waals surface area contributed by atoms with Gasteiger partial charge in [0.1, 0.15) is 44.9 Å². The van der Waals surface area contributed by atoms with Crippen LogP contribution in [0.2, 0.25) is 10.3 Å². The van der Waals surface area contributed by atoms with Gasteiger partial charge in [-0.1, -0.05) is 23.2 Å². The van der Waals surface area contributed by atoms with Gasteiger partial charge in [0.25, 0.3) is 0 Å². The Morgan fingerprint density at radius 2 is 1.06 bits per heavy atom. The molecule has 2 N–H and O–H groups in total. The third-order valence-electron chi connectivity index (χ3n) is 4.26. The molecule has 0 fully saturated rings. The fourth-order valence-electron chi connectivity index (χ4n) is 2.87. The zero-order valence-corrected chi connectivity index (χ0v) is 18.7. The molecule has 0 atom stereocenters. The molecule has 4 aromatic rings. The fourth-order valence-corrected chi connectivity index (χ4v) is 3.33. The van der Waals surface area contributed by atoms with E-state index in [1.54, 1.807) is 18.2 Å². The molecule has 0 unspecified atom stereocenters. The Morgan fingerprint density at radius 3 is 1.50 bits per heavy atom. The Kier molecular flexibility index (Phi) is 7.10. The number of pyridine rings is 1. The van der Waals surface area contributed by atoms with Gasteiger partial charge in [-0.05, 0) is 60.7 Å². The van der Waals surface area contributed by atoms with E-state index in [0.29, 0.717) is 34.4 Å². The Labute approximate surface area is 203 Å². The summed E-state index contributed by atoms with van der Waals surface area (Å²) in [6, 6.07) is 17.8. The van der Waals surface area contributed by atoms with Crippen LogP contribution in [0.1, 0.15) is 0 Å². The van der Waals surface area contributed by atoms with E-state index in [0.717, 1.165) is 0 Å². The van der Waals surface area contributed by atoms with Crippen molar-refractivity contribution < 1.29 is 23.0 Å². The van der Waals surface area contributed by atoms with Gasteiger partial charge >= 0.3 is 6.03 Å². The lowest BCUT2D eigenvalue weighted by molar-refractivity contribution is 0.262. The first kappa shape index (κ1) is 23.3. The summed E-state index contributed by atoms with van der Waals surface area (Å²) >= 11 is 11.7. The summed E-state index contributed by atoms with van der Waals surface area (Å²) < 4.78 is 38.0. The van der Waals surface area contributed by atoms with Crippen molar-refractivity contribution in [3.63, 3.8) is 0 Å². The lowest BCUT2D eigenvalue weighted by Gasteiger charge is -2.13. The highest BCUT2D eigenvalue weighted by Crippen LogP contribution is 2.33. The van der Waals surface area contributed by atoms with E-state index >= 15 is 0 Å². The maximum atomic E-state index is 13.2. The molecule has 0 aliphatic heterocycles. The van der Waals surface area contributed by atoms with Gasteiger partial charge in [0.05, 0.1) is 0 Å². The molecule has 6 nitrogen and oxygen atoms in total. The minimum atomic E-state index is -0.593. The van der Waals surface area contributed by atoms with Crippen molar-refractivity contribution in [3.8, 4) is 23.0 Å². The van der Waals surface area contributed by atoms with Crippen LogP contribution in [0, 0.1) is 11.6 Å². The summed E-state index contributed by atoms with van der Waals surface area (Å²) in [7, 11) is 0. The molecule has 0 aliphatic carbocycles. The Morgan fingerprint density at radius 1 is 0.647 bits per heavy atom. The van der Waals surface area contributed by atoms with Crippen LogP contribution in [0.4, 0.5) is 25.0 Å². The second-order valence-electron chi connectivity index (χ2n) is 6.89. The number of ether oxygens (including phenoxy) is 2. The molecule has 172 valence electrons. The van der Waals surface area contributed by atoms with Crippen LogP contribution in [0.3, 0.4) is 0 Å². The van der Waals surface area contributed by atoms with E-state index in [4.69, 9.17) is 32.7 Å².